The quantitative estimate of drug-likeness (QED) is 0.0768. The molecule has 0 amide bonds. The van der Waals surface area contributed by atoms with Gasteiger partial charge in [0.2, 0.25) is 0 Å². The number of carbonyl (C=O) groups is 1. The Morgan fingerprint density at radius 3 is 2.31 bits per heavy atom. The number of nitrogens with one attached hydrogen (secondary N) is 1. The number of aliphatic carboxylic acids is 1. The first-order valence-electron chi connectivity index (χ1n) is 15.4. The number of carboxylic acid groups (broad SMARTS) is 1. The molecule has 9 nitrogen and oxygen atoms in total. The number of methoxy groups -OCH3 is 2. The molecular weight excluding hydrogens is 574 g/mol. The van der Waals surface area contributed by atoms with Crippen molar-refractivity contribution in [2.75, 3.05) is 40.5 Å². The second-order valence-electron chi connectivity index (χ2n) is 10.5. The Kier molecular flexibility index (Phi) is 18.7. The first-order chi connectivity index (χ1) is 21.9. The molecule has 0 spiro atoms. The van der Waals surface area contributed by atoms with Gasteiger partial charge in [0.1, 0.15) is 17.2 Å². The molecule has 0 radical (unpaired) electrons. The highest BCUT2D eigenvalue weighted by atomic mass is 16.5. The molecule has 246 valence electrons. The van der Waals surface area contributed by atoms with Crippen LogP contribution in [0.3, 0.4) is 0 Å². The minimum absolute atomic E-state index is 0.0533. The van der Waals surface area contributed by atoms with Gasteiger partial charge in [0.25, 0.3) is 0 Å². The molecule has 0 aliphatic heterocycles. The molecule has 0 heterocycles. The van der Waals surface area contributed by atoms with Gasteiger partial charge in [0.15, 0.2) is 0 Å². The summed E-state index contributed by atoms with van der Waals surface area (Å²) in [6, 6.07) is 20.6. The van der Waals surface area contributed by atoms with Crippen LogP contribution < -0.4 is 14.8 Å². The number of aromatic hydroxyl groups is 1. The van der Waals surface area contributed by atoms with Crippen molar-refractivity contribution >= 4 is 12.0 Å². The molecule has 45 heavy (non-hydrogen) atoms. The monoisotopic (exact) mass is 623 g/mol. The topological polar surface area (TPSA) is 138 Å². The maximum absolute atomic E-state index is 10.4. The molecule has 0 aliphatic carbocycles. The molecule has 5 N–H and O–H groups in total. The van der Waals surface area contributed by atoms with Crippen molar-refractivity contribution in [2.45, 2.75) is 57.7 Å². The summed E-state index contributed by atoms with van der Waals surface area (Å²) < 4.78 is 15.8. The summed E-state index contributed by atoms with van der Waals surface area (Å²) in [5, 5.41) is 40.8. The summed E-state index contributed by atoms with van der Waals surface area (Å²) in [4.78, 5) is 10.4. The second-order valence-corrected chi connectivity index (χ2v) is 10.5. The molecule has 3 aromatic carbocycles. The summed E-state index contributed by atoms with van der Waals surface area (Å²) in [6.07, 6.45) is 9.75. The molecule has 0 aliphatic rings. The van der Waals surface area contributed by atoms with Crippen LogP contribution in [0.1, 0.15) is 66.9 Å². The standard InChI is InChI=1S/C25H37NO4.C11H12O4/c27-20-23-18-22(13-14-24(23)28)25(29)19-26-15-7-1-2-8-16-30-17-9-6-12-21-10-4-3-5-11-21;1-14-9-4-5-10(15-2)8(7-9)3-6-11(12)13/h3-5,10-11,13-14,18,25-29H,1-2,6-9,12,15-17,19-20H2;3-7H,1-2H3,(H,12,13)/b;6-3+. The summed E-state index contributed by atoms with van der Waals surface area (Å²) >= 11 is 0. The van der Waals surface area contributed by atoms with Crippen LogP contribution in [0.15, 0.2) is 72.8 Å². The Morgan fingerprint density at radius 2 is 1.62 bits per heavy atom. The van der Waals surface area contributed by atoms with Gasteiger partial charge >= 0.3 is 5.97 Å². The van der Waals surface area contributed by atoms with Gasteiger partial charge < -0.3 is 40.0 Å². The van der Waals surface area contributed by atoms with Crippen molar-refractivity contribution in [1.29, 1.82) is 0 Å². The molecule has 0 fully saturated rings. The molecule has 0 aromatic heterocycles. The van der Waals surface area contributed by atoms with Gasteiger partial charge in [-0.3, -0.25) is 0 Å². The first-order valence-corrected chi connectivity index (χ1v) is 15.4. The van der Waals surface area contributed by atoms with Crippen LogP contribution in [0.4, 0.5) is 0 Å². The van der Waals surface area contributed by atoms with Crippen LogP contribution in [0.5, 0.6) is 17.2 Å². The SMILES string of the molecule is COc1ccc(OC)c(/C=C/C(=O)O)c1.OCc1cc(C(O)CNCCCCCCOCCCCc2ccccc2)ccc1O. The zero-order valence-corrected chi connectivity index (χ0v) is 26.5. The number of hydrogen-bond acceptors (Lipinski definition) is 8. The van der Waals surface area contributed by atoms with Crippen molar-refractivity contribution in [3.63, 3.8) is 0 Å². The van der Waals surface area contributed by atoms with Crippen LogP contribution in [-0.4, -0.2) is 66.9 Å². The number of carboxylic acids is 1. The molecule has 3 rings (SSSR count). The number of aliphatic hydroxyl groups is 2. The van der Waals surface area contributed by atoms with E-state index in [-0.39, 0.29) is 12.4 Å². The molecule has 1 atom stereocenters. The average molecular weight is 624 g/mol. The van der Waals surface area contributed by atoms with Crippen LogP contribution >= 0.6 is 0 Å². The Labute approximate surface area is 267 Å². The van der Waals surface area contributed by atoms with Gasteiger partial charge in [0.05, 0.1) is 26.9 Å². The highest BCUT2D eigenvalue weighted by Crippen LogP contribution is 2.25. The number of rotatable bonds is 20. The fraction of sp³-hybridized carbons (Fsp3) is 0.417. The summed E-state index contributed by atoms with van der Waals surface area (Å²) in [5.41, 5.74) is 3.20. The molecule has 1 unspecified atom stereocenters. The van der Waals surface area contributed by atoms with Gasteiger partial charge in [-0.05, 0) is 86.2 Å². The van der Waals surface area contributed by atoms with E-state index in [9.17, 15) is 20.1 Å². The Balaban J connectivity index is 0.000000394. The third-order valence-corrected chi connectivity index (χ3v) is 7.08. The van der Waals surface area contributed by atoms with E-state index < -0.39 is 12.1 Å². The number of phenols is 1. The average Bonchev–Trinajstić information content (AvgIpc) is 3.06. The highest BCUT2D eigenvalue weighted by Gasteiger charge is 2.10. The Morgan fingerprint density at radius 1 is 0.889 bits per heavy atom. The number of unbranched alkanes of at least 4 members (excludes halogenated alkanes) is 4. The van der Waals surface area contributed by atoms with Gasteiger partial charge in [-0.25, -0.2) is 4.79 Å². The molecule has 0 saturated carbocycles. The summed E-state index contributed by atoms with van der Waals surface area (Å²) in [5.74, 6) is 0.312. The van der Waals surface area contributed by atoms with Crippen molar-refractivity contribution in [3.8, 4) is 17.2 Å². The molecule has 0 saturated heterocycles. The Bertz CT molecular complexity index is 1270. The van der Waals surface area contributed by atoms with Crippen LogP contribution in [0, 0.1) is 0 Å². The number of aliphatic hydroxyl groups excluding tert-OH is 2. The molecular formula is C36H49NO8. The smallest absolute Gasteiger partial charge is 0.328 e. The van der Waals surface area contributed by atoms with Gasteiger partial charge in [0, 0.05) is 37.0 Å². The lowest BCUT2D eigenvalue weighted by Gasteiger charge is -2.14. The number of benzene rings is 3. The van der Waals surface area contributed by atoms with E-state index in [1.165, 1.54) is 31.2 Å². The van der Waals surface area contributed by atoms with E-state index >= 15 is 0 Å². The van der Waals surface area contributed by atoms with Gasteiger partial charge in [-0.1, -0.05) is 49.2 Å². The van der Waals surface area contributed by atoms with Crippen LogP contribution in [0.2, 0.25) is 0 Å². The van der Waals surface area contributed by atoms with Crippen molar-refractivity contribution in [1.82, 2.24) is 5.32 Å². The van der Waals surface area contributed by atoms with Crippen molar-refractivity contribution in [2.24, 2.45) is 0 Å². The van der Waals surface area contributed by atoms with Gasteiger partial charge in [-0.2, -0.15) is 0 Å². The lowest BCUT2D eigenvalue weighted by molar-refractivity contribution is -0.131. The van der Waals surface area contributed by atoms with Crippen molar-refractivity contribution < 1.29 is 39.4 Å². The zero-order valence-electron chi connectivity index (χ0n) is 26.5. The lowest BCUT2D eigenvalue weighted by atomic mass is 10.1. The third-order valence-electron chi connectivity index (χ3n) is 7.08. The van der Waals surface area contributed by atoms with Crippen molar-refractivity contribution in [3.05, 3.63) is 95.1 Å². The largest absolute Gasteiger partial charge is 0.508 e. The van der Waals surface area contributed by atoms with E-state index in [1.54, 1.807) is 37.4 Å². The van der Waals surface area contributed by atoms with Crippen LogP contribution in [-0.2, 0) is 22.6 Å². The second kappa shape index (κ2) is 22.6. The first kappa shape index (κ1) is 37.3. The molecule has 9 heteroatoms. The van der Waals surface area contributed by atoms with E-state index in [2.05, 4.69) is 35.6 Å². The minimum atomic E-state index is -1.00. The fourth-order valence-corrected chi connectivity index (χ4v) is 4.51. The van der Waals surface area contributed by atoms with Crippen LogP contribution in [0.25, 0.3) is 6.08 Å². The summed E-state index contributed by atoms with van der Waals surface area (Å²) in [7, 11) is 3.08. The number of ether oxygens (including phenoxy) is 3. The predicted octanol–water partition coefficient (Wildman–Crippen LogP) is 5.91. The normalized spacial score (nSPS) is 11.6. The Hall–Kier alpha value is -3.89. The number of hydrogen-bond donors (Lipinski definition) is 5. The molecule has 0 bridgehead atoms. The van der Waals surface area contributed by atoms with Gasteiger partial charge in [-0.15, -0.1) is 0 Å². The number of aryl methyl sites for hydroxylation is 1. The third kappa shape index (κ3) is 15.6. The predicted molar refractivity (Wildman–Crippen MR) is 177 cm³/mol. The lowest BCUT2D eigenvalue weighted by Crippen LogP contribution is -2.22. The maximum atomic E-state index is 10.4. The fourth-order valence-electron chi connectivity index (χ4n) is 4.51. The van der Waals surface area contributed by atoms with E-state index in [0.717, 1.165) is 64.4 Å². The van der Waals surface area contributed by atoms with E-state index in [0.29, 0.717) is 34.7 Å². The van der Waals surface area contributed by atoms with E-state index in [1.807, 2.05) is 0 Å². The highest BCUT2D eigenvalue weighted by molar-refractivity contribution is 5.86. The summed E-state index contributed by atoms with van der Waals surface area (Å²) in [6.45, 7) is 2.77. The maximum Gasteiger partial charge on any atom is 0.328 e. The molecule has 3 aromatic rings. The minimum Gasteiger partial charge on any atom is -0.508 e. The zero-order chi connectivity index (χ0) is 32.7. The van der Waals surface area contributed by atoms with E-state index in [4.69, 9.17) is 19.3 Å².